The van der Waals surface area contributed by atoms with Gasteiger partial charge in [0.25, 0.3) is 0 Å². The third-order valence-electron chi connectivity index (χ3n) is 2.13. The van der Waals surface area contributed by atoms with Crippen LogP contribution in [0.25, 0.3) is 0 Å². The minimum absolute atomic E-state index is 0.153. The number of halogens is 3. The third kappa shape index (κ3) is 2.36. The van der Waals surface area contributed by atoms with Gasteiger partial charge in [-0.1, -0.05) is 23.2 Å². The van der Waals surface area contributed by atoms with Crippen molar-refractivity contribution in [3.05, 3.63) is 44.4 Å². The molecule has 0 aromatic carbocycles. The van der Waals surface area contributed by atoms with E-state index in [0.717, 1.165) is 0 Å². The fraction of sp³-hybridized carbons (Fsp3) is 0.100. The Kier molecular flexibility index (Phi) is 3.51. The fourth-order valence-electron chi connectivity index (χ4n) is 1.36. The molecule has 2 aromatic rings. The standard InChI is InChI=1S/C10H6BrCl2N3O/c1-16-9(6(11)4-15-16)10(17)8-7(13)2-5(12)3-14-8/h2-4H,1H3. The molecule has 4 nitrogen and oxygen atoms in total. The molecule has 2 aromatic heterocycles. The number of hydrogen-bond acceptors (Lipinski definition) is 3. The molecule has 17 heavy (non-hydrogen) atoms. The normalized spacial score (nSPS) is 10.6. The van der Waals surface area contributed by atoms with Crippen LogP contribution in [0.4, 0.5) is 0 Å². The first-order valence-corrected chi connectivity index (χ1v) is 6.09. The first-order valence-electron chi connectivity index (χ1n) is 4.54. The Morgan fingerprint density at radius 1 is 1.41 bits per heavy atom. The Morgan fingerprint density at radius 2 is 2.12 bits per heavy atom. The monoisotopic (exact) mass is 333 g/mol. The van der Waals surface area contributed by atoms with E-state index in [1.54, 1.807) is 7.05 Å². The highest BCUT2D eigenvalue weighted by atomic mass is 79.9. The molecular weight excluding hydrogens is 329 g/mol. The summed E-state index contributed by atoms with van der Waals surface area (Å²) < 4.78 is 2.05. The van der Waals surface area contributed by atoms with Crippen LogP contribution >= 0.6 is 39.1 Å². The van der Waals surface area contributed by atoms with Crippen molar-refractivity contribution in [2.45, 2.75) is 0 Å². The lowest BCUT2D eigenvalue weighted by molar-refractivity contribution is 0.102. The van der Waals surface area contributed by atoms with Gasteiger partial charge in [-0.15, -0.1) is 0 Å². The summed E-state index contributed by atoms with van der Waals surface area (Å²) in [5, 5.41) is 4.56. The Balaban J connectivity index is 2.51. The highest BCUT2D eigenvalue weighted by molar-refractivity contribution is 9.10. The van der Waals surface area contributed by atoms with Crippen molar-refractivity contribution < 1.29 is 4.79 Å². The van der Waals surface area contributed by atoms with Gasteiger partial charge in [-0.05, 0) is 22.0 Å². The van der Waals surface area contributed by atoms with Gasteiger partial charge in [0.1, 0.15) is 11.4 Å². The second-order valence-electron chi connectivity index (χ2n) is 3.28. The number of rotatable bonds is 2. The summed E-state index contributed by atoms with van der Waals surface area (Å²) in [6.45, 7) is 0. The Hall–Kier alpha value is -0.910. The van der Waals surface area contributed by atoms with E-state index < -0.39 is 0 Å². The molecule has 0 spiro atoms. The largest absolute Gasteiger partial charge is 0.285 e. The third-order valence-corrected chi connectivity index (χ3v) is 3.21. The molecule has 0 aliphatic carbocycles. The van der Waals surface area contributed by atoms with Gasteiger partial charge >= 0.3 is 0 Å². The predicted molar refractivity (Wildman–Crippen MR) is 68.6 cm³/mol. The molecule has 7 heteroatoms. The van der Waals surface area contributed by atoms with Crippen molar-refractivity contribution in [2.75, 3.05) is 0 Å². The maximum atomic E-state index is 12.2. The van der Waals surface area contributed by atoms with E-state index in [-0.39, 0.29) is 16.5 Å². The van der Waals surface area contributed by atoms with E-state index in [4.69, 9.17) is 23.2 Å². The average Bonchev–Trinajstić information content (AvgIpc) is 2.58. The number of carbonyl (C=O) groups excluding carboxylic acids is 1. The smallest absolute Gasteiger partial charge is 0.232 e. The zero-order valence-electron chi connectivity index (χ0n) is 8.62. The molecule has 0 N–H and O–H groups in total. The van der Waals surface area contributed by atoms with Crippen LogP contribution in [0.5, 0.6) is 0 Å². The minimum Gasteiger partial charge on any atom is -0.285 e. The van der Waals surface area contributed by atoms with Crippen LogP contribution in [0.15, 0.2) is 22.9 Å². The minimum atomic E-state index is -0.307. The molecule has 0 atom stereocenters. The van der Waals surface area contributed by atoms with E-state index in [0.29, 0.717) is 15.2 Å². The quantitative estimate of drug-likeness (QED) is 0.793. The van der Waals surface area contributed by atoms with Crippen molar-refractivity contribution in [3.63, 3.8) is 0 Å². The van der Waals surface area contributed by atoms with Crippen LogP contribution in [0.3, 0.4) is 0 Å². The number of aryl methyl sites for hydroxylation is 1. The summed E-state index contributed by atoms with van der Waals surface area (Å²) in [7, 11) is 1.67. The average molecular weight is 335 g/mol. The van der Waals surface area contributed by atoms with Gasteiger partial charge in [0.05, 0.1) is 20.7 Å². The van der Waals surface area contributed by atoms with Crippen molar-refractivity contribution in [2.24, 2.45) is 7.05 Å². The lowest BCUT2D eigenvalue weighted by atomic mass is 10.2. The van der Waals surface area contributed by atoms with Gasteiger partial charge in [0.15, 0.2) is 0 Å². The molecule has 0 saturated carbocycles. The molecule has 0 aliphatic heterocycles. The molecule has 0 unspecified atom stereocenters. The van der Waals surface area contributed by atoms with E-state index in [9.17, 15) is 4.79 Å². The molecule has 0 fully saturated rings. The SMILES string of the molecule is Cn1ncc(Br)c1C(=O)c1ncc(Cl)cc1Cl. The lowest BCUT2D eigenvalue weighted by Gasteiger charge is -2.04. The van der Waals surface area contributed by atoms with Crippen LogP contribution in [-0.4, -0.2) is 20.5 Å². The van der Waals surface area contributed by atoms with Gasteiger partial charge in [-0.25, -0.2) is 4.98 Å². The van der Waals surface area contributed by atoms with Crippen LogP contribution in [0.1, 0.15) is 16.2 Å². The van der Waals surface area contributed by atoms with Gasteiger partial charge in [0.2, 0.25) is 5.78 Å². The first kappa shape index (κ1) is 12.5. The van der Waals surface area contributed by atoms with E-state index in [2.05, 4.69) is 26.0 Å². The van der Waals surface area contributed by atoms with E-state index >= 15 is 0 Å². The maximum Gasteiger partial charge on any atom is 0.232 e. The van der Waals surface area contributed by atoms with Crippen LogP contribution in [-0.2, 0) is 7.05 Å². The fourth-order valence-corrected chi connectivity index (χ4v) is 2.35. The number of aromatic nitrogens is 3. The summed E-state index contributed by atoms with van der Waals surface area (Å²) in [4.78, 5) is 16.1. The molecule has 0 saturated heterocycles. The molecule has 2 rings (SSSR count). The van der Waals surface area contributed by atoms with Crippen molar-refractivity contribution in [3.8, 4) is 0 Å². The van der Waals surface area contributed by atoms with Gasteiger partial charge in [-0.2, -0.15) is 5.10 Å². The Morgan fingerprint density at radius 3 is 2.65 bits per heavy atom. The van der Waals surface area contributed by atoms with Crippen molar-refractivity contribution >= 4 is 44.9 Å². The van der Waals surface area contributed by atoms with Crippen LogP contribution < -0.4 is 0 Å². The molecule has 0 radical (unpaired) electrons. The number of ketones is 1. The van der Waals surface area contributed by atoms with Crippen LogP contribution in [0, 0.1) is 0 Å². The summed E-state index contributed by atoms with van der Waals surface area (Å²) in [6, 6.07) is 1.48. The number of pyridine rings is 1. The number of carbonyl (C=O) groups is 1. The second-order valence-corrected chi connectivity index (χ2v) is 4.98. The predicted octanol–water partition coefficient (Wildman–Crippen LogP) is 3.12. The molecule has 0 bridgehead atoms. The number of nitrogens with zero attached hydrogens (tertiary/aromatic N) is 3. The zero-order chi connectivity index (χ0) is 12.6. The summed E-state index contributed by atoms with van der Waals surface area (Å²) >= 11 is 14.9. The first-order chi connectivity index (χ1) is 8.00. The molecule has 0 aliphatic rings. The highest BCUT2D eigenvalue weighted by Gasteiger charge is 2.21. The topological polar surface area (TPSA) is 47.8 Å². The van der Waals surface area contributed by atoms with Gasteiger partial charge in [0, 0.05) is 13.2 Å². The van der Waals surface area contributed by atoms with Gasteiger partial charge in [-0.3, -0.25) is 9.48 Å². The Bertz CT molecular complexity index is 578. The highest BCUT2D eigenvalue weighted by Crippen LogP contribution is 2.24. The number of hydrogen-bond donors (Lipinski definition) is 0. The Labute approximate surface area is 116 Å². The molecular formula is C10H6BrCl2N3O. The molecule has 88 valence electrons. The second kappa shape index (κ2) is 4.76. The zero-order valence-corrected chi connectivity index (χ0v) is 11.7. The van der Waals surface area contributed by atoms with E-state index in [1.165, 1.54) is 23.1 Å². The van der Waals surface area contributed by atoms with Crippen molar-refractivity contribution in [1.29, 1.82) is 0 Å². The maximum absolute atomic E-state index is 12.2. The summed E-state index contributed by atoms with van der Waals surface area (Å²) in [6.07, 6.45) is 2.92. The van der Waals surface area contributed by atoms with Crippen LogP contribution in [0.2, 0.25) is 10.0 Å². The summed E-state index contributed by atoms with van der Waals surface area (Å²) in [5.74, 6) is -0.307. The molecule has 0 amide bonds. The van der Waals surface area contributed by atoms with E-state index in [1.807, 2.05) is 0 Å². The summed E-state index contributed by atoms with van der Waals surface area (Å²) in [5.41, 5.74) is 0.544. The van der Waals surface area contributed by atoms with Crippen molar-refractivity contribution in [1.82, 2.24) is 14.8 Å². The molecule has 2 heterocycles. The van der Waals surface area contributed by atoms with Gasteiger partial charge < -0.3 is 0 Å². The lowest BCUT2D eigenvalue weighted by Crippen LogP contribution is -2.11.